The number of rotatable bonds is 19. The van der Waals surface area contributed by atoms with Crippen LogP contribution in [0.5, 0.6) is 0 Å². The fraction of sp³-hybridized carbons (Fsp3) is 0.620. The Labute approximate surface area is 404 Å². The summed E-state index contributed by atoms with van der Waals surface area (Å²) in [4.78, 5) is 66.3. The van der Waals surface area contributed by atoms with Gasteiger partial charge >= 0.3 is 11.9 Å². The number of methoxy groups -OCH3 is 5. The predicted molar refractivity (Wildman–Crippen MR) is 252 cm³/mol. The number of hydrogen-bond acceptors (Lipinski definition) is 18. The lowest BCUT2D eigenvalue weighted by atomic mass is 9.83. The van der Waals surface area contributed by atoms with E-state index >= 15 is 0 Å². The highest BCUT2D eigenvalue weighted by atomic mass is 16.6. The van der Waals surface area contributed by atoms with Gasteiger partial charge in [0.2, 0.25) is 24.1 Å². The zero-order valence-corrected chi connectivity index (χ0v) is 42.0. The maximum absolute atomic E-state index is 13.7. The normalized spacial score (nSPS) is 24.9. The molecule has 1 amide bonds. The summed E-state index contributed by atoms with van der Waals surface area (Å²) >= 11 is 0. The smallest absolute Gasteiger partial charge is 0.335 e. The van der Waals surface area contributed by atoms with Crippen LogP contribution in [0.1, 0.15) is 97.8 Å². The number of fused-ring (bicyclic) bond motifs is 8. The first kappa shape index (κ1) is 56.3. The number of nitrogens with zero attached hydrogens (tertiary/aromatic N) is 4. The summed E-state index contributed by atoms with van der Waals surface area (Å²) in [6.07, 6.45) is 10.8. The van der Waals surface area contributed by atoms with Crippen molar-refractivity contribution >= 4 is 30.2 Å². The highest BCUT2D eigenvalue weighted by Crippen LogP contribution is 2.33. The summed E-state index contributed by atoms with van der Waals surface area (Å²) in [6.45, 7) is 11.2. The molecule has 6 bridgehead atoms. The number of aliphatic hydroxyl groups excluding tert-OH is 1. The van der Waals surface area contributed by atoms with E-state index in [-0.39, 0.29) is 66.6 Å². The van der Waals surface area contributed by atoms with Gasteiger partial charge in [-0.1, -0.05) is 52.8 Å². The minimum Gasteiger partial charge on any atom is -0.462 e. The van der Waals surface area contributed by atoms with Gasteiger partial charge in [-0.15, -0.1) is 0 Å². The van der Waals surface area contributed by atoms with Crippen LogP contribution in [-0.2, 0) is 52.3 Å². The van der Waals surface area contributed by atoms with Gasteiger partial charge in [-0.3, -0.25) is 14.4 Å². The first-order chi connectivity index (χ1) is 33.0. The number of aliphatic hydroxyl groups is 1. The van der Waals surface area contributed by atoms with Crippen LogP contribution in [0.4, 0.5) is 0 Å². The molecular formula is C50H72N4O15. The number of esters is 2. The molecule has 0 saturated heterocycles. The molecule has 0 aromatic carbocycles. The molecule has 13 atom stereocenters. The zero-order valence-electron chi connectivity index (χ0n) is 42.0. The van der Waals surface area contributed by atoms with Gasteiger partial charge in [-0.05, 0) is 50.7 Å². The lowest BCUT2D eigenvalue weighted by Gasteiger charge is -2.35. The predicted octanol–water partition coefficient (Wildman–Crippen LogP) is 7.21. The summed E-state index contributed by atoms with van der Waals surface area (Å²) in [7, 11) is 9.31. The van der Waals surface area contributed by atoms with Crippen LogP contribution in [0.15, 0.2) is 62.5 Å². The molecule has 19 nitrogen and oxygen atoms in total. The molecule has 3 aromatic rings. The molecule has 4 rings (SSSR count). The van der Waals surface area contributed by atoms with Crippen LogP contribution in [0.2, 0.25) is 0 Å². The van der Waals surface area contributed by atoms with Gasteiger partial charge in [-0.2, -0.15) is 0 Å². The number of hydrogen-bond donors (Lipinski definition) is 1. The number of amides is 1. The van der Waals surface area contributed by atoms with Crippen molar-refractivity contribution in [1.82, 2.24) is 19.9 Å². The van der Waals surface area contributed by atoms with Crippen LogP contribution >= 0.6 is 0 Å². The molecule has 4 heterocycles. The van der Waals surface area contributed by atoms with Gasteiger partial charge in [0.15, 0.2) is 23.3 Å². The fourth-order valence-corrected chi connectivity index (χ4v) is 8.35. The van der Waals surface area contributed by atoms with Gasteiger partial charge in [-0.25, -0.2) is 19.7 Å². The molecular weight excluding hydrogens is 897 g/mol. The Bertz CT molecular complexity index is 2150. The molecule has 382 valence electrons. The molecule has 69 heavy (non-hydrogen) atoms. The Morgan fingerprint density at radius 2 is 1.54 bits per heavy atom. The summed E-state index contributed by atoms with van der Waals surface area (Å²) in [5.74, 6) is -2.50. The Balaban J connectivity index is 1.60. The fourth-order valence-electron chi connectivity index (χ4n) is 8.35. The van der Waals surface area contributed by atoms with Crippen LogP contribution in [0.25, 0.3) is 29.2 Å². The minimum atomic E-state index is -1.16. The lowest BCUT2D eigenvalue weighted by molar-refractivity contribution is -0.166. The highest BCUT2D eigenvalue weighted by Gasteiger charge is 2.36. The third-order valence-electron chi connectivity index (χ3n) is 12.9. The Hall–Kier alpha value is -5.31. The van der Waals surface area contributed by atoms with E-state index in [1.807, 2.05) is 39.8 Å². The number of carbonyl (C=O) groups excluding carboxylic acids is 4. The quantitative estimate of drug-likeness (QED) is 0.0923. The number of ether oxygens (including phenoxy) is 7. The second-order valence-corrected chi connectivity index (χ2v) is 17.8. The van der Waals surface area contributed by atoms with Gasteiger partial charge in [0.25, 0.3) is 0 Å². The van der Waals surface area contributed by atoms with Crippen LogP contribution in [0.3, 0.4) is 0 Å². The van der Waals surface area contributed by atoms with Crippen molar-refractivity contribution < 1.29 is 70.7 Å². The van der Waals surface area contributed by atoms with Gasteiger partial charge in [0, 0.05) is 73.0 Å². The Kier molecular flexibility index (Phi) is 22.6. The van der Waals surface area contributed by atoms with E-state index in [0.29, 0.717) is 42.8 Å². The van der Waals surface area contributed by atoms with Crippen molar-refractivity contribution in [1.29, 1.82) is 0 Å². The monoisotopic (exact) mass is 968 g/mol. The second kappa shape index (κ2) is 27.8. The molecule has 1 N–H and O–H groups in total. The second-order valence-electron chi connectivity index (χ2n) is 17.8. The number of allylic oxidation sites excluding steroid dienone is 1. The molecule has 3 aromatic heterocycles. The summed E-state index contributed by atoms with van der Waals surface area (Å²) < 4.78 is 58.3. The number of aromatic nitrogens is 3. The lowest BCUT2D eigenvalue weighted by Crippen LogP contribution is -2.41. The van der Waals surface area contributed by atoms with Gasteiger partial charge < -0.3 is 56.4 Å². The summed E-state index contributed by atoms with van der Waals surface area (Å²) in [6, 6.07) is 0. The largest absolute Gasteiger partial charge is 0.462 e. The molecule has 0 aliphatic carbocycles. The molecule has 3 unspecified atom stereocenters. The maximum Gasteiger partial charge on any atom is 0.335 e. The van der Waals surface area contributed by atoms with Crippen molar-refractivity contribution in [2.24, 2.45) is 29.6 Å². The average Bonchev–Trinajstić information content (AvgIpc) is 4.14. The Morgan fingerprint density at radius 1 is 0.855 bits per heavy atom. The van der Waals surface area contributed by atoms with Crippen LogP contribution in [-0.4, -0.2) is 134 Å². The molecule has 0 spiro atoms. The van der Waals surface area contributed by atoms with E-state index in [1.165, 1.54) is 50.1 Å². The first-order valence-electron chi connectivity index (χ1n) is 23.3. The molecule has 0 fully saturated rings. The van der Waals surface area contributed by atoms with Gasteiger partial charge in [0.1, 0.15) is 42.8 Å². The minimum absolute atomic E-state index is 0.00174. The Morgan fingerprint density at radius 3 is 2.20 bits per heavy atom. The zero-order chi connectivity index (χ0) is 50.8. The van der Waals surface area contributed by atoms with E-state index in [0.717, 1.165) is 0 Å². The highest BCUT2D eigenvalue weighted by molar-refractivity contribution is 5.92. The maximum atomic E-state index is 13.7. The van der Waals surface area contributed by atoms with Crippen molar-refractivity contribution in [3.8, 4) is 23.2 Å². The van der Waals surface area contributed by atoms with Crippen molar-refractivity contribution in [3.63, 3.8) is 0 Å². The summed E-state index contributed by atoms with van der Waals surface area (Å²) in [5.41, 5.74) is 0.993. The first-order valence-corrected chi connectivity index (χ1v) is 23.3. The topological polar surface area (TPSA) is 234 Å². The van der Waals surface area contributed by atoms with Crippen LogP contribution < -0.4 is 0 Å². The third kappa shape index (κ3) is 16.1. The van der Waals surface area contributed by atoms with E-state index in [4.69, 9.17) is 46.4 Å². The number of ketones is 1. The number of oxazole rings is 3. The standard InChI is InChI=1S/C50H72N4O15/c1-29(19-20-41(69-50(59)34(6)60-8)33(5)46(63-11)30(2)21-22-54(7)28-55)42(62-10)24-43-32(4)40(61-9)17-14-18-44-51-37(26-65-44)48-53-38(27-67-48)49-52-36(25-66-49)47(64-12)31(3)39(57)16-13-15-35(56)23-45(58)68-43/h13-14,16,18,21-22,25-35,40-43,46-47,56H,15,17,19-20,23-24H2,1-12H3/b16-13+,18-14+,22-21+/t29-,30+,31-,32+,33+,34?,35-,40-,41?,42-,43-,46+,47?/m0/s1. The van der Waals surface area contributed by atoms with Crippen molar-refractivity contribution in [3.05, 3.63) is 60.9 Å². The van der Waals surface area contributed by atoms with E-state index in [1.54, 1.807) is 54.5 Å². The number of cyclic esters (lactones) is 1. The van der Waals surface area contributed by atoms with Crippen molar-refractivity contribution in [2.75, 3.05) is 42.6 Å². The van der Waals surface area contributed by atoms with E-state index in [9.17, 15) is 24.3 Å². The van der Waals surface area contributed by atoms with Crippen LogP contribution in [0, 0.1) is 29.6 Å². The SMILES string of the molecule is COC(C)C(=O)OC(CC[C@H](C)[C@H](C[C@@H]1OC(=O)C[C@@H](O)C/C=C/C(=O)[C@H](C)C(OC)c2coc(n2)-c2coc(n2)-c2coc(n2)/C=C/C[C@H](OC)[C@H]1C)OC)[C@@H](C)[C@H](OC)[C@H](C)/C=C/N(C)C=O. The van der Waals surface area contributed by atoms with Crippen molar-refractivity contribution in [2.45, 2.75) is 129 Å². The van der Waals surface area contributed by atoms with E-state index < -0.39 is 66.5 Å². The molecule has 1 aliphatic heterocycles. The molecule has 0 radical (unpaired) electrons. The molecule has 0 saturated carbocycles. The molecule has 1 aliphatic rings. The average molecular weight is 969 g/mol. The molecule has 19 heteroatoms. The summed E-state index contributed by atoms with van der Waals surface area (Å²) in [5, 5.41) is 11.0. The number of carbonyl (C=O) groups is 4. The van der Waals surface area contributed by atoms with E-state index in [2.05, 4.69) is 15.0 Å². The third-order valence-corrected chi connectivity index (χ3v) is 12.9. The van der Waals surface area contributed by atoms with Gasteiger partial charge in [0.05, 0.1) is 36.8 Å².